The first kappa shape index (κ1) is 28.7. The third kappa shape index (κ3) is 6.27. The molecule has 4 rings (SSSR count). The van der Waals surface area contributed by atoms with Crippen molar-refractivity contribution >= 4 is 27.3 Å². The van der Waals surface area contributed by atoms with Gasteiger partial charge in [0, 0.05) is 45.0 Å². The van der Waals surface area contributed by atoms with Crippen molar-refractivity contribution in [1.29, 1.82) is 0 Å². The molecule has 0 aromatic heterocycles. The van der Waals surface area contributed by atoms with Gasteiger partial charge in [-0.3, -0.25) is 19.4 Å². The van der Waals surface area contributed by atoms with Crippen molar-refractivity contribution in [2.24, 2.45) is 4.99 Å². The van der Waals surface area contributed by atoms with Crippen LogP contribution in [0, 0.1) is 0 Å². The molecule has 11 heteroatoms. The summed E-state index contributed by atoms with van der Waals surface area (Å²) in [6.45, 7) is 10.4. The van der Waals surface area contributed by atoms with Gasteiger partial charge in [0.25, 0.3) is 15.9 Å². The number of phenolic OH excluding ortho intramolecular Hbond substituents is 1. The Bertz CT molecular complexity index is 1520. The van der Waals surface area contributed by atoms with Crippen molar-refractivity contribution in [3.05, 3.63) is 95.6 Å². The number of benzene rings is 2. The smallest absolute Gasteiger partial charge is 0.264 e. The number of aliphatic imine (C=N–C) groups is 1. The maximum absolute atomic E-state index is 13.3. The molecule has 0 atom stereocenters. The van der Waals surface area contributed by atoms with E-state index in [1.807, 2.05) is 6.07 Å². The van der Waals surface area contributed by atoms with E-state index in [0.29, 0.717) is 49.6 Å². The Kier molecular flexibility index (Phi) is 8.76. The molecule has 1 amide bonds. The lowest BCUT2D eigenvalue weighted by Gasteiger charge is -2.35. The molecule has 2 aromatic carbocycles. The largest absolute Gasteiger partial charge is 0.504 e. The van der Waals surface area contributed by atoms with Gasteiger partial charge >= 0.3 is 0 Å². The van der Waals surface area contributed by atoms with Crippen LogP contribution in [0.1, 0.15) is 15.9 Å². The van der Waals surface area contributed by atoms with Crippen LogP contribution < -0.4 is 14.2 Å². The molecule has 1 aliphatic heterocycles. The number of hydrogen-bond donors (Lipinski definition) is 2. The van der Waals surface area contributed by atoms with E-state index in [2.05, 4.69) is 27.8 Å². The Morgan fingerprint density at radius 1 is 1.10 bits per heavy atom. The summed E-state index contributed by atoms with van der Waals surface area (Å²) >= 11 is 0. The van der Waals surface area contributed by atoms with Gasteiger partial charge in [0.2, 0.25) is 0 Å². The number of rotatable bonds is 9. The number of carbonyl (C=O) groups excluding carboxylic acids is 1. The van der Waals surface area contributed by atoms with E-state index in [9.17, 15) is 18.3 Å². The topological polar surface area (TPSA) is 121 Å². The molecule has 0 saturated carbocycles. The van der Waals surface area contributed by atoms with Crippen molar-refractivity contribution < 1.29 is 27.8 Å². The Morgan fingerprint density at radius 2 is 1.82 bits per heavy atom. The van der Waals surface area contributed by atoms with E-state index in [4.69, 9.17) is 9.47 Å². The fraction of sp³-hybridized carbons (Fsp3) is 0.241. The number of nitrogens with one attached hydrogen (secondary N) is 1. The highest BCUT2D eigenvalue weighted by Crippen LogP contribution is 2.29. The summed E-state index contributed by atoms with van der Waals surface area (Å²) in [4.78, 5) is 21.3. The van der Waals surface area contributed by atoms with Gasteiger partial charge in [0.05, 0.1) is 31.2 Å². The number of piperazine rings is 1. The molecule has 1 saturated heterocycles. The monoisotopic (exact) mass is 564 g/mol. The van der Waals surface area contributed by atoms with E-state index >= 15 is 0 Å². The number of carbonyl (C=O) groups is 1. The molecule has 1 aliphatic carbocycles. The molecule has 0 spiro atoms. The Hall–Kier alpha value is -4.35. The second-order valence-corrected chi connectivity index (χ2v) is 10.8. The lowest BCUT2D eigenvalue weighted by atomic mass is 10.1. The van der Waals surface area contributed by atoms with Gasteiger partial charge in [-0.05, 0) is 41.5 Å². The van der Waals surface area contributed by atoms with Crippen LogP contribution in [-0.2, 0) is 16.6 Å². The standard InChI is InChI=1S/C29H32N4O6S/c1-5-30-28-20(2)7-6-8-27(28)40(36,37)31-22-10-11-23(26(18-22)39-4)29(35)33-15-13-32(14-16-33)19-21-9-12-25(38-3)24(34)17-21/h5-12,17-18,31,34H,1-2,13-16,19H2,3-4H3/b30-28+. The van der Waals surface area contributed by atoms with Crippen LogP contribution in [0.2, 0.25) is 0 Å². The van der Waals surface area contributed by atoms with Gasteiger partial charge in [-0.15, -0.1) is 0 Å². The molecular formula is C29H32N4O6S. The Labute approximate surface area is 234 Å². The number of hydrogen-bond acceptors (Lipinski definition) is 8. The van der Waals surface area contributed by atoms with Gasteiger partial charge in [-0.25, -0.2) is 8.42 Å². The van der Waals surface area contributed by atoms with E-state index in [0.717, 1.165) is 5.56 Å². The minimum atomic E-state index is -4.02. The summed E-state index contributed by atoms with van der Waals surface area (Å²) in [6.07, 6.45) is 5.94. The van der Waals surface area contributed by atoms with Gasteiger partial charge in [0.1, 0.15) is 10.7 Å². The number of amides is 1. The number of aromatic hydroxyl groups is 1. The highest BCUT2D eigenvalue weighted by molar-refractivity contribution is 7.97. The van der Waals surface area contributed by atoms with Gasteiger partial charge < -0.3 is 19.5 Å². The second-order valence-electron chi connectivity index (χ2n) is 9.17. The van der Waals surface area contributed by atoms with Crippen LogP contribution in [0.4, 0.5) is 5.69 Å². The molecule has 0 unspecified atom stereocenters. The van der Waals surface area contributed by atoms with Crippen LogP contribution in [0.25, 0.3) is 0 Å². The SMILES string of the molecule is C=C/N=C1\C(=C)C=CC=C1S(=O)(=O)Nc1ccc(C(=O)N2CCN(Cc3ccc(OC)c(O)c3)CC2)c(OC)c1. The molecule has 40 heavy (non-hydrogen) atoms. The van der Waals surface area contributed by atoms with Crippen molar-refractivity contribution in [2.75, 3.05) is 45.1 Å². The minimum Gasteiger partial charge on any atom is -0.504 e. The van der Waals surface area contributed by atoms with Crippen LogP contribution in [0.15, 0.2) is 89.5 Å². The first-order chi connectivity index (χ1) is 19.2. The lowest BCUT2D eigenvalue weighted by Crippen LogP contribution is -2.48. The van der Waals surface area contributed by atoms with Crippen molar-refractivity contribution in [3.63, 3.8) is 0 Å². The third-order valence-electron chi connectivity index (χ3n) is 6.59. The number of phenols is 1. The summed E-state index contributed by atoms with van der Waals surface area (Å²) in [5.74, 6) is 0.565. The fourth-order valence-electron chi connectivity index (χ4n) is 4.54. The zero-order valence-corrected chi connectivity index (χ0v) is 23.3. The molecule has 2 aromatic rings. The summed E-state index contributed by atoms with van der Waals surface area (Å²) in [7, 11) is -1.08. The average Bonchev–Trinajstić information content (AvgIpc) is 2.94. The summed E-state index contributed by atoms with van der Waals surface area (Å²) in [5.41, 5.74) is 2.17. The Morgan fingerprint density at radius 3 is 2.48 bits per heavy atom. The zero-order chi connectivity index (χ0) is 28.9. The minimum absolute atomic E-state index is 0.0401. The molecule has 2 aliphatic rings. The van der Waals surface area contributed by atoms with Gasteiger partial charge in [0.15, 0.2) is 11.5 Å². The molecule has 2 N–H and O–H groups in total. The molecule has 1 heterocycles. The summed E-state index contributed by atoms with van der Waals surface area (Å²) in [6, 6.07) is 9.88. The maximum Gasteiger partial charge on any atom is 0.264 e. The van der Waals surface area contributed by atoms with Gasteiger partial charge in [-0.1, -0.05) is 31.4 Å². The molecule has 0 bridgehead atoms. The first-order valence-corrected chi connectivity index (χ1v) is 14.0. The van der Waals surface area contributed by atoms with E-state index < -0.39 is 10.0 Å². The second kappa shape index (κ2) is 12.2. The van der Waals surface area contributed by atoms with Crippen LogP contribution in [0.5, 0.6) is 17.2 Å². The molecule has 210 valence electrons. The highest BCUT2D eigenvalue weighted by Gasteiger charge is 2.27. The van der Waals surface area contributed by atoms with Crippen LogP contribution >= 0.6 is 0 Å². The summed E-state index contributed by atoms with van der Waals surface area (Å²) < 4.78 is 39.4. The maximum atomic E-state index is 13.3. The molecule has 1 fully saturated rings. The zero-order valence-electron chi connectivity index (χ0n) is 22.5. The predicted molar refractivity (Wildman–Crippen MR) is 155 cm³/mol. The van der Waals surface area contributed by atoms with Crippen LogP contribution in [0.3, 0.4) is 0 Å². The van der Waals surface area contributed by atoms with E-state index in [1.54, 1.807) is 35.3 Å². The molecular weight excluding hydrogens is 532 g/mol. The first-order valence-electron chi connectivity index (χ1n) is 12.5. The van der Waals surface area contributed by atoms with Crippen molar-refractivity contribution in [3.8, 4) is 17.2 Å². The van der Waals surface area contributed by atoms with E-state index in [-0.39, 0.29) is 33.7 Å². The molecule has 10 nitrogen and oxygen atoms in total. The highest BCUT2D eigenvalue weighted by atomic mass is 32.2. The number of nitrogens with zero attached hydrogens (tertiary/aromatic N) is 3. The number of anilines is 1. The number of allylic oxidation sites excluding steroid dienone is 5. The normalized spacial score (nSPS) is 16.9. The number of ether oxygens (including phenoxy) is 2. The lowest BCUT2D eigenvalue weighted by molar-refractivity contribution is 0.0625. The average molecular weight is 565 g/mol. The van der Waals surface area contributed by atoms with E-state index in [1.165, 1.54) is 38.6 Å². The number of sulfonamides is 1. The Balaban J connectivity index is 1.43. The quantitative estimate of drug-likeness (QED) is 0.476. The fourth-order valence-corrected chi connectivity index (χ4v) is 5.78. The van der Waals surface area contributed by atoms with Crippen molar-refractivity contribution in [2.45, 2.75) is 6.54 Å². The molecule has 0 radical (unpaired) electrons. The van der Waals surface area contributed by atoms with Crippen molar-refractivity contribution in [1.82, 2.24) is 9.80 Å². The summed E-state index contributed by atoms with van der Waals surface area (Å²) in [5, 5.41) is 10.0. The predicted octanol–water partition coefficient (Wildman–Crippen LogP) is 3.70. The van der Waals surface area contributed by atoms with Crippen LogP contribution in [-0.4, -0.2) is 75.3 Å². The van der Waals surface area contributed by atoms with Gasteiger partial charge in [-0.2, -0.15) is 0 Å². The number of methoxy groups -OCH3 is 2. The third-order valence-corrected chi connectivity index (χ3v) is 8.00.